The standard InChI is InChI=1S/C38H38FN9O3S2/c1-19-21(3)44-46-36-28(19)30(40)32(52-36)35(50)43-38(13-14-38)24-7-11-27(12-8-24)51-18-41-31-29-20(2)22(4)45-47-37(29)53-33(31)34(49)42-26-16-48(17-26)15-23-5-9-25(39)10-6-23/h5-12,26,41H,13-18,40H2,1-4H3,(H,42,49)(H,43,50). The third kappa shape index (κ3) is 6.64. The third-order valence-corrected chi connectivity index (χ3v) is 12.4. The van der Waals surface area contributed by atoms with Gasteiger partial charge < -0.3 is 26.4 Å². The molecular formula is C38H38FN9O3S2. The van der Waals surface area contributed by atoms with Gasteiger partial charge in [-0.3, -0.25) is 14.5 Å². The summed E-state index contributed by atoms with van der Waals surface area (Å²) in [6.07, 6.45) is 1.63. The van der Waals surface area contributed by atoms with Crippen molar-refractivity contribution in [1.82, 2.24) is 35.9 Å². The molecule has 1 saturated carbocycles. The number of hydrogen-bond donors (Lipinski definition) is 4. The van der Waals surface area contributed by atoms with E-state index in [9.17, 15) is 14.0 Å². The molecule has 53 heavy (non-hydrogen) atoms. The molecule has 1 aliphatic carbocycles. The van der Waals surface area contributed by atoms with Crippen molar-refractivity contribution in [2.75, 3.05) is 30.9 Å². The van der Waals surface area contributed by atoms with Crippen LogP contribution in [0.5, 0.6) is 5.75 Å². The van der Waals surface area contributed by atoms with Crippen LogP contribution in [0.4, 0.5) is 15.8 Å². The van der Waals surface area contributed by atoms with Gasteiger partial charge in [0.15, 0.2) is 6.73 Å². The summed E-state index contributed by atoms with van der Waals surface area (Å²) < 4.78 is 19.4. The number of anilines is 2. The normalized spacial score (nSPS) is 15.3. The van der Waals surface area contributed by atoms with E-state index in [1.54, 1.807) is 12.1 Å². The monoisotopic (exact) mass is 751 g/mol. The zero-order valence-corrected chi connectivity index (χ0v) is 31.3. The lowest BCUT2D eigenvalue weighted by Crippen LogP contribution is -2.58. The number of nitrogens with two attached hydrogens (primary N) is 1. The van der Waals surface area contributed by atoms with Crippen LogP contribution in [-0.4, -0.2) is 63.0 Å². The van der Waals surface area contributed by atoms with Gasteiger partial charge in [-0.15, -0.1) is 32.9 Å². The Bertz CT molecular complexity index is 2390. The lowest BCUT2D eigenvalue weighted by atomic mass is 10.0. The van der Waals surface area contributed by atoms with E-state index in [0.29, 0.717) is 56.2 Å². The van der Waals surface area contributed by atoms with Crippen molar-refractivity contribution in [1.29, 1.82) is 0 Å². The summed E-state index contributed by atoms with van der Waals surface area (Å²) in [5.74, 6) is -0.0244. The first-order chi connectivity index (χ1) is 25.5. The average molecular weight is 752 g/mol. The van der Waals surface area contributed by atoms with Gasteiger partial charge in [0.2, 0.25) is 0 Å². The highest BCUT2D eigenvalue weighted by Crippen LogP contribution is 2.47. The SMILES string of the molecule is Cc1nnc2sc(C(=O)NC3(c4ccc(OCNc5c(C(=O)NC6CN(Cc7ccc(F)cc7)C6)sc6nnc(C)c(C)c56)cc4)CC3)c(N)c2c1C. The van der Waals surface area contributed by atoms with Crippen LogP contribution in [0, 0.1) is 33.5 Å². The van der Waals surface area contributed by atoms with Crippen LogP contribution < -0.4 is 26.4 Å². The van der Waals surface area contributed by atoms with Crippen LogP contribution in [0.2, 0.25) is 0 Å². The molecule has 2 amide bonds. The maximum atomic E-state index is 13.6. The number of carbonyl (C=O) groups excluding carboxylic acids is 2. The number of fused-ring (bicyclic) bond motifs is 2. The van der Waals surface area contributed by atoms with Crippen molar-refractivity contribution in [2.24, 2.45) is 0 Å². The van der Waals surface area contributed by atoms with Crippen LogP contribution in [0.1, 0.15) is 65.8 Å². The van der Waals surface area contributed by atoms with Gasteiger partial charge in [0.1, 0.15) is 31.0 Å². The second-order valence-electron chi connectivity index (χ2n) is 13.8. The number of ether oxygens (including phenoxy) is 1. The van der Waals surface area contributed by atoms with Crippen LogP contribution in [0.15, 0.2) is 48.5 Å². The molecule has 0 spiro atoms. The fraction of sp³-hybridized carbons (Fsp3) is 0.316. The molecule has 0 unspecified atom stereocenters. The van der Waals surface area contributed by atoms with Crippen LogP contribution in [-0.2, 0) is 12.1 Å². The lowest BCUT2D eigenvalue weighted by Gasteiger charge is -2.39. The molecule has 0 bridgehead atoms. The predicted molar refractivity (Wildman–Crippen MR) is 205 cm³/mol. The smallest absolute Gasteiger partial charge is 0.264 e. The number of halogens is 1. The summed E-state index contributed by atoms with van der Waals surface area (Å²) in [6, 6.07) is 14.2. The summed E-state index contributed by atoms with van der Waals surface area (Å²) in [5.41, 5.74) is 12.5. The summed E-state index contributed by atoms with van der Waals surface area (Å²) in [4.78, 5) is 31.6. The minimum absolute atomic E-state index is 0.00527. The Hall–Kier alpha value is -5.25. The number of amides is 2. The number of nitrogens with one attached hydrogen (secondary N) is 3. The highest BCUT2D eigenvalue weighted by Gasteiger charge is 2.46. The Kier molecular flexibility index (Phi) is 8.95. The van der Waals surface area contributed by atoms with Gasteiger partial charge in [-0.2, -0.15) is 10.2 Å². The van der Waals surface area contributed by atoms with E-state index < -0.39 is 5.54 Å². The fourth-order valence-corrected chi connectivity index (χ4v) is 8.84. The molecule has 0 atom stereocenters. The van der Waals surface area contributed by atoms with Gasteiger partial charge in [0.05, 0.1) is 34.3 Å². The Morgan fingerprint density at radius 3 is 2.15 bits per heavy atom. The predicted octanol–water partition coefficient (Wildman–Crippen LogP) is 6.13. The quantitative estimate of drug-likeness (QED) is 0.113. The number of nitrogen functional groups attached to an aromatic ring is 1. The zero-order chi connectivity index (χ0) is 37.0. The van der Waals surface area contributed by atoms with E-state index in [4.69, 9.17) is 10.5 Å². The molecule has 12 nitrogen and oxygen atoms in total. The molecule has 272 valence electrons. The molecule has 5 N–H and O–H groups in total. The number of carbonyl (C=O) groups is 2. The molecule has 8 rings (SSSR count). The number of aromatic nitrogens is 4. The van der Waals surface area contributed by atoms with Gasteiger partial charge in [0, 0.05) is 30.4 Å². The first-order valence-electron chi connectivity index (χ1n) is 17.4. The van der Waals surface area contributed by atoms with Crippen molar-refractivity contribution < 1.29 is 18.7 Å². The average Bonchev–Trinajstić information content (AvgIpc) is 3.69. The molecular weight excluding hydrogens is 714 g/mol. The number of nitrogens with zero attached hydrogens (tertiary/aromatic N) is 5. The van der Waals surface area contributed by atoms with E-state index in [0.717, 1.165) is 57.3 Å². The molecule has 2 aromatic carbocycles. The van der Waals surface area contributed by atoms with E-state index >= 15 is 0 Å². The number of likely N-dealkylation sites (tertiary alicyclic amines) is 1. The Morgan fingerprint density at radius 2 is 1.49 bits per heavy atom. The maximum absolute atomic E-state index is 13.6. The van der Waals surface area contributed by atoms with Crippen molar-refractivity contribution in [2.45, 2.75) is 58.7 Å². The van der Waals surface area contributed by atoms with Crippen LogP contribution in [0.25, 0.3) is 20.4 Å². The second kappa shape index (κ2) is 13.6. The molecule has 1 aliphatic heterocycles. The number of thiophene rings is 2. The minimum atomic E-state index is -0.472. The molecule has 2 fully saturated rings. The maximum Gasteiger partial charge on any atom is 0.264 e. The summed E-state index contributed by atoms with van der Waals surface area (Å²) in [5, 5.41) is 28.5. The number of rotatable bonds is 11. The summed E-state index contributed by atoms with van der Waals surface area (Å²) >= 11 is 2.56. The molecule has 0 radical (unpaired) electrons. The molecule has 6 aromatic rings. The Balaban J connectivity index is 0.915. The van der Waals surface area contributed by atoms with Crippen LogP contribution >= 0.6 is 22.7 Å². The highest BCUT2D eigenvalue weighted by atomic mass is 32.1. The number of hydrogen-bond acceptors (Lipinski definition) is 12. The largest absolute Gasteiger partial charge is 0.473 e. The zero-order valence-electron chi connectivity index (χ0n) is 29.7. The summed E-state index contributed by atoms with van der Waals surface area (Å²) in [7, 11) is 0. The topological polar surface area (TPSA) is 160 Å². The molecule has 2 aliphatic rings. The summed E-state index contributed by atoms with van der Waals surface area (Å²) in [6.45, 7) is 9.90. The van der Waals surface area contributed by atoms with Gasteiger partial charge in [0.25, 0.3) is 11.8 Å². The number of aryl methyl sites for hydroxylation is 4. The first kappa shape index (κ1) is 34.8. The molecule has 4 aromatic heterocycles. The van der Waals surface area contributed by atoms with E-state index in [1.165, 1.54) is 34.8 Å². The van der Waals surface area contributed by atoms with Gasteiger partial charge in [-0.25, -0.2) is 4.39 Å². The molecule has 15 heteroatoms. The lowest BCUT2D eigenvalue weighted by molar-refractivity contribution is 0.0799. The highest BCUT2D eigenvalue weighted by molar-refractivity contribution is 7.21. The molecule has 5 heterocycles. The molecule has 1 saturated heterocycles. The van der Waals surface area contributed by atoms with Crippen molar-refractivity contribution >= 4 is 66.3 Å². The second-order valence-corrected chi connectivity index (χ2v) is 15.8. The van der Waals surface area contributed by atoms with E-state index in [2.05, 4.69) is 41.2 Å². The van der Waals surface area contributed by atoms with Crippen molar-refractivity contribution in [3.8, 4) is 5.75 Å². The fourth-order valence-electron chi connectivity index (χ4n) is 6.79. The Morgan fingerprint density at radius 1 is 0.868 bits per heavy atom. The van der Waals surface area contributed by atoms with E-state index in [1.807, 2.05) is 52.0 Å². The third-order valence-electron chi connectivity index (χ3n) is 10.3. The van der Waals surface area contributed by atoms with Crippen molar-refractivity contribution in [3.05, 3.63) is 97.7 Å². The first-order valence-corrected chi connectivity index (χ1v) is 19.0. The van der Waals surface area contributed by atoms with E-state index in [-0.39, 0.29) is 30.4 Å². The Labute approximate surface area is 313 Å². The van der Waals surface area contributed by atoms with Crippen LogP contribution in [0.3, 0.4) is 0 Å². The number of benzene rings is 2. The van der Waals surface area contributed by atoms with Gasteiger partial charge in [-0.1, -0.05) is 24.3 Å². The van der Waals surface area contributed by atoms with Gasteiger partial charge >= 0.3 is 0 Å². The van der Waals surface area contributed by atoms with Crippen molar-refractivity contribution in [3.63, 3.8) is 0 Å². The minimum Gasteiger partial charge on any atom is -0.473 e. The van der Waals surface area contributed by atoms with Gasteiger partial charge in [-0.05, 0) is 87.1 Å².